The number of halogens is 2. The molecule has 114 valence electrons. The molecule has 3 rings (SSSR count). The summed E-state index contributed by atoms with van der Waals surface area (Å²) < 4.78 is 14.7. The Balaban J connectivity index is 1.63. The van der Waals surface area contributed by atoms with E-state index in [1.54, 1.807) is 6.07 Å². The Morgan fingerprint density at radius 2 is 2.05 bits per heavy atom. The number of amides is 1. The highest BCUT2D eigenvalue weighted by atomic mass is 79.9. The maximum atomic E-state index is 13.8. The lowest BCUT2D eigenvalue weighted by molar-refractivity contribution is -0.136. The van der Waals surface area contributed by atoms with Crippen molar-refractivity contribution in [1.29, 1.82) is 0 Å². The second-order valence-corrected chi connectivity index (χ2v) is 7.07. The molecule has 0 unspecified atom stereocenters. The van der Waals surface area contributed by atoms with Gasteiger partial charge < -0.3 is 5.32 Å². The van der Waals surface area contributed by atoms with Crippen molar-refractivity contribution >= 4 is 21.8 Å². The molecule has 21 heavy (non-hydrogen) atoms. The Morgan fingerprint density at radius 3 is 2.76 bits per heavy atom. The van der Waals surface area contributed by atoms with Crippen molar-refractivity contribution in [3.8, 4) is 0 Å². The standard InChI is InChI=1S/C16H20BrFN2O/c17-13-2-3-14(18)12(10-13)11-20-8-5-16(6-9-20)4-1-7-19-15(16)21/h2-3,10H,1,4-9,11H2,(H,19,21). The van der Waals surface area contributed by atoms with Gasteiger partial charge in [-0.25, -0.2) is 4.39 Å². The van der Waals surface area contributed by atoms with Crippen LogP contribution in [0.2, 0.25) is 0 Å². The molecule has 3 nitrogen and oxygen atoms in total. The number of nitrogens with zero attached hydrogens (tertiary/aromatic N) is 1. The Bertz CT molecular complexity index is 541. The largest absolute Gasteiger partial charge is 0.356 e. The fourth-order valence-corrected chi connectivity index (χ4v) is 3.86. The number of carbonyl (C=O) groups is 1. The van der Waals surface area contributed by atoms with Crippen LogP contribution in [-0.4, -0.2) is 30.4 Å². The van der Waals surface area contributed by atoms with Crippen molar-refractivity contribution in [1.82, 2.24) is 10.2 Å². The first-order valence-corrected chi connectivity index (χ1v) is 8.33. The van der Waals surface area contributed by atoms with Crippen molar-refractivity contribution in [3.63, 3.8) is 0 Å². The summed E-state index contributed by atoms with van der Waals surface area (Å²) in [6.45, 7) is 3.15. The van der Waals surface area contributed by atoms with Crippen molar-refractivity contribution < 1.29 is 9.18 Å². The number of benzene rings is 1. The Morgan fingerprint density at radius 1 is 1.29 bits per heavy atom. The van der Waals surface area contributed by atoms with Gasteiger partial charge in [0.05, 0.1) is 5.41 Å². The molecular weight excluding hydrogens is 335 g/mol. The van der Waals surface area contributed by atoms with E-state index < -0.39 is 0 Å². The summed E-state index contributed by atoms with van der Waals surface area (Å²) in [4.78, 5) is 14.4. The average molecular weight is 355 g/mol. The maximum Gasteiger partial charge on any atom is 0.226 e. The zero-order valence-corrected chi connectivity index (χ0v) is 13.6. The van der Waals surface area contributed by atoms with Gasteiger partial charge in [-0.2, -0.15) is 0 Å². The number of likely N-dealkylation sites (tertiary alicyclic amines) is 1. The van der Waals surface area contributed by atoms with Crippen LogP contribution in [0.4, 0.5) is 4.39 Å². The van der Waals surface area contributed by atoms with Crippen LogP contribution >= 0.6 is 15.9 Å². The van der Waals surface area contributed by atoms with E-state index in [2.05, 4.69) is 26.1 Å². The first-order valence-electron chi connectivity index (χ1n) is 7.54. The molecule has 0 aromatic heterocycles. The summed E-state index contributed by atoms with van der Waals surface area (Å²) in [6.07, 6.45) is 3.84. The number of rotatable bonds is 2. The van der Waals surface area contributed by atoms with Crippen LogP contribution in [0, 0.1) is 11.2 Å². The van der Waals surface area contributed by atoms with E-state index in [-0.39, 0.29) is 17.1 Å². The molecule has 0 atom stereocenters. The van der Waals surface area contributed by atoms with Crippen LogP contribution in [0.1, 0.15) is 31.2 Å². The highest BCUT2D eigenvalue weighted by Crippen LogP contribution is 2.38. The summed E-state index contributed by atoms with van der Waals surface area (Å²) in [6, 6.07) is 5.06. The molecule has 2 fully saturated rings. The molecule has 5 heteroatoms. The van der Waals surface area contributed by atoms with E-state index in [0.29, 0.717) is 12.1 Å². The molecule has 0 saturated carbocycles. The van der Waals surface area contributed by atoms with E-state index in [0.717, 1.165) is 49.8 Å². The molecule has 1 aromatic rings. The number of nitrogens with one attached hydrogen (secondary N) is 1. The monoisotopic (exact) mass is 354 g/mol. The lowest BCUT2D eigenvalue weighted by Gasteiger charge is -2.42. The molecule has 2 aliphatic heterocycles. The molecule has 1 N–H and O–H groups in total. The molecule has 0 radical (unpaired) electrons. The third-order valence-corrected chi connectivity index (χ3v) is 5.31. The fourth-order valence-electron chi connectivity index (χ4n) is 3.45. The Kier molecular flexibility index (Phi) is 4.31. The van der Waals surface area contributed by atoms with Gasteiger partial charge in [0.2, 0.25) is 5.91 Å². The second kappa shape index (κ2) is 6.05. The summed E-state index contributed by atoms with van der Waals surface area (Å²) in [7, 11) is 0. The van der Waals surface area contributed by atoms with Crippen molar-refractivity contribution in [2.75, 3.05) is 19.6 Å². The van der Waals surface area contributed by atoms with E-state index in [4.69, 9.17) is 0 Å². The lowest BCUT2D eigenvalue weighted by atomic mass is 9.72. The summed E-state index contributed by atoms with van der Waals surface area (Å²) in [5.74, 6) is 0.0657. The van der Waals surface area contributed by atoms with Crippen LogP contribution in [-0.2, 0) is 11.3 Å². The van der Waals surface area contributed by atoms with Gasteiger partial charge >= 0.3 is 0 Å². The van der Waals surface area contributed by atoms with E-state index in [9.17, 15) is 9.18 Å². The number of piperidine rings is 2. The normalized spacial score (nSPS) is 22.3. The van der Waals surface area contributed by atoms with Gasteiger partial charge in [-0.3, -0.25) is 9.69 Å². The number of hydrogen-bond donors (Lipinski definition) is 1. The molecule has 0 aliphatic carbocycles. The van der Waals surface area contributed by atoms with E-state index in [1.807, 2.05) is 6.07 Å². The third kappa shape index (κ3) is 3.14. The van der Waals surface area contributed by atoms with Crippen LogP contribution in [0.5, 0.6) is 0 Å². The Labute approximate surface area is 133 Å². The highest BCUT2D eigenvalue weighted by Gasteiger charge is 2.42. The van der Waals surface area contributed by atoms with E-state index in [1.165, 1.54) is 6.07 Å². The molecular formula is C16H20BrFN2O. The quantitative estimate of drug-likeness (QED) is 0.884. The summed E-state index contributed by atoms with van der Waals surface area (Å²) in [5, 5.41) is 3.00. The molecule has 1 spiro atoms. The van der Waals surface area contributed by atoms with Gasteiger partial charge in [0.1, 0.15) is 5.82 Å². The van der Waals surface area contributed by atoms with E-state index >= 15 is 0 Å². The van der Waals surface area contributed by atoms with Gasteiger partial charge in [-0.05, 0) is 57.0 Å². The van der Waals surface area contributed by atoms with Gasteiger partial charge in [0, 0.05) is 23.1 Å². The minimum atomic E-state index is -0.162. The molecule has 1 aromatic carbocycles. The molecule has 1 amide bonds. The zero-order valence-electron chi connectivity index (χ0n) is 12.0. The molecule has 0 bridgehead atoms. The SMILES string of the molecule is O=C1NCCCC12CCN(Cc1cc(Br)ccc1F)CC2. The average Bonchev–Trinajstić information content (AvgIpc) is 2.48. The Hall–Kier alpha value is -0.940. The topological polar surface area (TPSA) is 32.3 Å². The maximum absolute atomic E-state index is 13.8. The van der Waals surface area contributed by atoms with Gasteiger partial charge in [0.25, 0.3) is 0 Å². The van der Waals surface area contributed by atoms with Crippen molar-refractivity contribution in [3.05, 3.63) is 34.1 Å². The highest BCUT2D eigenvalue weighted by molar-refractivity contribution is 9.10. The fraction of sp³-hybridized carbons (Fsp3) is 0.562. The molecule has 2 saturated heterocycles. The minimum Gasteiger partial charge on any atom is -0.356 e. The lowest BCUT2D eigenvalue weighted by Crippen LogP contribution is -2.51. The van der Waals surface area contributed by atoms with Crippen molar-refractivity contribution in [2.45, 2.75) is 32.2 Å². The molecule has 2 heterocycles. The first kappa shape index (κ1) is 15.0. The van der Waals surface area contributed by atoms with Crippen LogP contribution < -0.4 is 5.32 Å². The predicted octanol–water partition coefficient (Wildman–Crippen LogP) is 3.08. The second-order valence-electron chi connectivity index (χ2n) is 6.15. The van der Waals surface area contributed by atoms with Crippen LogP contribution in [0.3, 0.4) is 0 Å². The zero-order chi connectivity index (χ0) is 14.9. The van der Waals surface area contributed by atoms with Gasteiger partial charge in [-0.1, -0.05) is 15.9 Å². The summed E-state index contributed by atoms with van der Waals surface area (Å²) >= 11 is 3.39. The van der Waals surface area contributed by atoms with Crippen LogP contribution in [0.15, 0.2) is 22.7 Å². The summed E-state index contributed by atoms with van der Waals surface area (Å²) in [5.41, 5.74) is 0.554. The number of hydrogen-bond acceptors (Lipinski definition) is 2. The number of carbonyl (C=O) groups excluding carboxylic acids is 1. The molecule has 2 aliphatic rings. The van der Waals surface area contributed by atoms with Crippen LogP contribution in [0.25, 0.3) is 0 Å². The van der Waals surface area contributed by atoms with Crippen molar-refractivity contribution in [2.24, 2.45) is 5.41 Å². The van der Waals surface area contributed by atoms with Gasteiger partial charge in [-0.15, -0.1) is 0 Å². The first-order chi connectivity index (χ1) is 10.1. The minimum absolute atomic E-state index is 0.158. The smallest absolute Gasteiger partial charge is 0.226 e. The van der Waals surface area contributed by atoms with Gasteiger partial charge in [0.15, 0.2) is 0 Å². The third-order valence-electron chi connectivity index (χ3n) is 4.81. The predicted molar refractivity (Wildman–Crippen MR) is 83.3 cm³/mol.